The Morgan fingerprint density at radius 1 is 1.35 bits per heavy atom. The van der Waals surface area contributed by atoms with E-state index in [0.717, 1.165) is 35.6 Å². The first-order valence-corrected chi connectivity index (χ1v) is 7.11. The summed E-state index contributed by atoms with van der Waals surface area (Å²) in [5.74, 6) is 1.73. The van der Waals surface area contributed by atoms with Crippen LogP contribution in [0.15, 0.2) is 35.2 Å². The molecule has 0 aliphatic carbocycles. The molecule has 1 N–H and O–H groups in total. The second kappa shape index (κ2) is 7.10. The zero-order valence-corrected chi connectivity index (χ0v) is 12.3. The predicted molar refractivity (Wildman–Crippen MR) is 79.0 cm³/mol. The molecule has 0 bridgehead atoms. The van der Waals surface area contributed by atoms with Crippen LogP contribution in [-0.2, 0) is 0 Å². The molecule has 4 nitrogen and oxygen atoms in total. The molecule has 1 atom stereocenters. The van der Waals surface area contributed by atoms with Gasteiger partial charge in [-0.2, -0.15) is 0 Å². The Bertz CT molecular complexity index is 537. The van der Waals surface area contributed by atoms with Crippen LogP contribution in [0.3, 0.4) is 0 Å². The van der Waals surface area contributed by atoms with Gasteiger partial charge in [-0.1, -0.05) is 6.92 Å². The van der Waals surface area contributed by atoms with Gasteiger partial charge in [0.25, 0.3) is 0 Å². The second-order valence-electron chi connectivity index (χ2n) is 4.74. The Kier molecular flexibility index (Phi) is 5.18. The minimum atomic E-state index is 0.0119. The third kappa shape index (κ3) is 3.39. The summed E-state index contributed by atoms with van der Waals surface area (Å²) in [6.45, 7) is 7.73. The molecular weight excluding hydrogens is 252 g/mol. The molecule has 0 saturated carbocycles. The highest BCUT2D eigenvalue weighted by Gasteiger charge is 2.19. The quantitative estimate of drug-likeness (QED) is 0.839. The number of furan rings is 1. The van der Waals surface area contributed by atoms with Crippen LogP contribution in [-0.4, -0.2) is 18.1 Å². The molecule has 2 aromatic heterocycles. The van der Waals surface area contributed by atoms with E-state index in [1.807, 2.05) is 25.3 Å². The van der Waals surface area contributed by atoms with Gasteiger partial charge in [-0.15, -0.1) is 0 Å². The van der Waals surface area contributed by atoms with Crippen molar-refractivity contribution in [3.63, 3.8) is 0 Å². The second-order valence-corrected chi connectivity index (χ2v) is 4.74. The van der Waals surface area contributed by atoms with E-state index < -0.39 is 0 Å². The molecule has 1 unspecified atom stereocenters. The van der Waals surface area contributed by atoms with Crippen LogP contribution in [0, 0.1) is 6.92 Å². The summed E-state index contributed by atoms with van der Waals surface area (Å²) < 4.78 is 11.2. The molecule has 0 amide bonds. The van der Waals surface area contributed by atoms with Crippen LogP contribution < -0.4 is 10.1 Å². The molecule has 2 heterocycles. The van der Waals surface area contributed by atoms with Crippen LogP contribution in [0.4, 0.5) is 0 Å². The summed E-state index contributed by atoms with van der Waals surface area (Å²) >= 11 is 0. The lowest BCUT2D eigenvalue weighted by Gasteiger charge is -2.18. The van der Waals surface area contributed by atoms with E-state index in [9.17, 15) is 0 Å². The maximum Gasteiger partial charge on any atom is 0.137 e. The van der Waals surface area contributed by atoms with E-state index in [0.29, 0.717) is 6.61 Å². The van der Waals surface area contributed by atoms with Gasteiger partial charge >= 0.3 is 0 Å². The van der Waals surface area contributed by atoms with Crippen molar-refractivity contribution in [2.75, 3.05) is 13.2 Å². The first kappa shape index (κ1) is 14.6. The lowest BCUT2D eigenvalue weighted by molar-refractivity contribution is 0.337. The van der Waals surface area contributed by atoms with Gasteiger partial charge in [0, 0.05) is 6.20 Å². The highest BCUT2D eigenvalue weighted by molar-refractivity contribution is 5.33. The zero-order valence-electron chi connectivity index (χ0n) is 12.3. The fourth-order valence-corrected chi connectivity index (χ4v) is 2.17. The molecule has 0 aromatic carbocycles. The van der Waals surface area contributed by atoms with Gasteiger partial charge in [0.2, 0.25) is 0 Å². The average Bonchev–Trinajstić information content (AvgIpc) is 2.87. The van der Waals surface area contributed by atoms with E-state index >= 15 is 0 Å². The summed E-state index contributed by atoms with van der Waals surface area (Å²) in [5, 5.41) is 3.51. The molecule has 0 aliphatic heterocycles. The van der Waals surface area contributed by atoms with Gasteiger partial charge < -0.3 is 14.5 Å². The number of pyridine rings is 1. The fourth-order valence-electron chi connectivity index (χ4n) is 2.17. The van der Waals surface area contributed by atoms with Crippen LogP contribution in [0.2, 0.25) is 0 Å². The van der Waals surface area contributed by atoms with Gasteiger partial charge in [-0.25, -0.2) is 0 Å². The van der Waals surface area contributed by atoms with Crippen LogP contribution in [0.5, 0.6) is 5.75 Å². The van der Waals surface area contributed by atoms with E-state index in [1.54, 1.807) is 12.5 Å². The lowest BCUT2D eigenvalue weighted by Crippen LogP contribution is -2.23. The van der Waals surface area contributed by atoms with Crippen molar-refractivity contribution in [2.45, 2.75) is 33.2 Å². The van der Waals surface area contributed by atoms with Gasteiger partial charge in [0.15, 0.2) is 0 Å². The highest BCUT2D eigenvalue weighted by Crippen LogP contribution is 2.27. The smallest absolute Gasteiger partial charge is 0.137 e. The number of nitrogens with one attached hydrogen (secondary N) is 1. The summed E-state index contributed by atoms with van der Waals surface area (Å²) in [6, 6.07) is 4.01. The average molecular weight is 274 g/mol. The molecule has 20 heavy (non-hydrogen) atoms. The SMILES string of the molecule is CCCNC(c1cncc(OCC)c1)c1occc1C. The zero-order chi connectivity index (χ0) is 14.4. The first-order valence-electron chi connectivity index (χ1n) is 7.11. The predicted octanol–water partition coefficient (Wildman–Crippen LogP) is 3.47. The van der Waals surface area contributed by atoms with Crippen LogP contribution >= 0.6 is 0 Å². The van der Waals surface area contributed by atoms with Crippen LogP contribution in [0.1, 0.15) is 43.2 Å². The molecule has 2 aromatic rings. The molecule has 0 saturated heterocycles. The summed E-state index contributed by atoms with van der Waals surface area (Å²) in [4.78, 5) is 4.27. The van der Waals surface area contributed by atoms with Crippen molar-refractivity contribution in [3.8, 4) is 5.75 Å². The monoisotopic (exact) mass is 274 g/mol. The standard InChI is InChI=1S/C16H22N2O2/c1-4-7-18-15(16-12(3)6-8-20-16)13-9-14(19-5-2)11-17-10-13/h6,8-11,15,18H,4-5,7H2,1-3H3. The van der Waals surface area contributed by atoms with E-state index in [-0.39, 0.29) is 6.04 Å². The molecule has 4 heteroatoms. The Balaban J connectivity index is 2.31. The van der Waals surface area contributed by atoms with Gasteiger partial charge in [0.1, 0.15) is 11.5 Å². The number of rotatable bonds is 7. The number of nitrogens with zero attached hydrogens (tertiary/aromatic N) is 1. The number of aromatic nitrogens is 1. The summed E-state index contributed by atoms with van der Waals surface area (Å²) in [7, 11) is 0. The summed E-state index contributed by atoms with van der Waals surface area (Å²) in [6.07, 6.45) is 6.39. The molecule has 0 spiro atoms. The van der Waals surface area contributed by atoms with Crippen molar-refractivity contribution in [1.82, 2.24) is 10.3 Å². The Labute approximate surface area is 120 Å². The molecule has 0 aliphatic rings. The third-order valence-corrected chi connectivity index (χ3v) is 3.14. The molecular formula is C16H22N2O2. The Hall–Kier alpha value is -1.81. The number of ether oxygens (including phenoxy) is 1. The molecule has 2 rings (SSSR count). The fraction of sp³-hybridized carbons (Fsp3) is 0.438. The Morgan fingerprint density at radius 2 is 2.20 bits per heavy atom. The van der Waals surface area contributed by atoms with Gasteiger partial charge in [0.05, 0.1) is 25.1 Å². The van der Waals surface area contributed by atoms with E-state index in [2.05, 4.69) is 24.1 Å². The van der Waals surface area contributed by atoms with Crippen molar-refractivity contribution < 1.29 is 9.15 Å². The first-order chi connectivity index (χ1) is 9.76. The van der Waals surface area contributed by atoms with Gasteiger partial charge in [-0.3, -0.25) is 4.98 Å². The largest absolute Gasteiger partial charge is 0.492 e. The topological polar surface area (TPSA) is 47.3 Å². The van der Waals surface area contributed by atoms with E-state index in [4.69, 9.17) is 9.15 Å². The highest BCUT2D eigenvalue weighted by atomic mass is 16.5. The van der Waals surface area contributed by atoms with Crippen molar-refractivity contribution in [2.24, 2.45) is 0 Å². The maximum absolute atomic E-state index is 5.65. The van der Waals surface area contributed by atoms with Gasteiger partial charge in [-0.05, 0) is 50.1 Å². The maximum atomic E-state index is 5.65. The lowest BCUT2D eigenvalue weighted by atomic mass is 10.0. The van der Waals surface area contributed by atoms with Crippen molar-refractivity contribution in [1.29, 1.82) is 0 Å². The minimum Gasteiger partial charge on any atom is -0.492 e. The van der Waals surface area contributed by atoms with E-state index in [1.165, 1.54) is 0 Å². The number of hydrogen-bond donors (Lipinski definition) is 1. The molecule has 0 radical (unpaired) electrons. The van der Waals surface area contributed by atoms with Crippen LogP contribution in [0.25, 0.3) is 0 Å². The molecule has 0 fully saturated rings. The molecule has 108 valence electrons. The minimum absolute atomic E-state index is 0.0119. The third-order valence-electron chi connectivity index (χ3n) is 3.14. The van der Waals surface area contributed by atoms with Crippen molar-refractivity contribution >= 4 is 0 Å². The summed E-state index contributed by atoms with van der Waals surface area (Å²) in [5.41, 5.74) is 2.20. The number of aryl methyl sites for hydroxylation is 1. The van der Waals surface area contributed by atoms with Crippen molar-refractivity contribution in [3.05, 3.63) is 47.7 Å². The number of hydrogen-bond acceptors (Lipinski definition) is 4. The Morgan fingerprint density at radius 3 is 2.85 bits per heavy atom. The normalized spacial score (nSPS) is 12.3.